The molecule has 8 heteroatoms. The summed E-state index contributed by atoms with van der Waals surface area (Å²) in [7, 11) is 0. The average molecular weight is 392 g/mol. The predicted molar refractivity (Wildman–Crippen MR) is 103 cm³/mol. The molecule has 0 radical (unpaired) electrons. The molecule has 144 valence electrons. The van der Waals surface area contributed by atoms with Crippen molar-refractivity contribution in [1.82, 2.24) is 9.78 Å². The maximum atomic E-state index is 12.7. The van der Waals surface area contributed by atoms with Crippen LogP contribution in [0, 0.1) is 0 Å². The number of esters is 1. The van der Waals surface area contributed by atoms with Gasteiger partial charge in [-0.1, -0.05) is 11.6 Å². The lowest BCUT2D eigenvalue weighted by molar-refractivity contribution is -0.00524. The molecule has 1 fully saturated rings. The van der Waals surface area contributed by atoms with E-state index in [0.29, 0.717) is 36.6 Å². The minimum absolute atomic E-state index is 0.0441. The first-order valence-electron chi connectivity index (χ1n) is 8.86. The number of morpholine rings is 1. The minimum atomic E-state index is -0.412. The first-order valence-corrected chi connectivity index (χ1v) is 9.24. The minimum Gasteiger partial charge on any atom is -0.462 e. The number of nitrogens with zero attached hydrogens (tertiary/aromatic N) is 3. The van der Waals surface area contributed by atoms with Crippen molar-refractivity contribution in [2.45, 2.75) is 33.0 Å². The standard InChI is InChI=1S/C19H22ClN3O4/c1-4-26-19(25)14-5-7-15(8-6-14)23-18(24)17(20)16(9-21-23)22-10-12(2)27-13(3)11-22/h5-9,12-13H,4,10-11H2,1-3H3/t12-,13-/m0/s1. The zero-order valence-electron chi connectivity index (χ0n) is 15.5. The summed E-state index contributed by atoms with van der Waals surface area (Å²) < 4.78 is 11.9. The second kappa shape index (κ2) is 8.10. The molecule has 1 aliphatic heterocycles. The number of benzene rings is 1. The molecule has 2 heterocycles. The molecule has 2 aromatic rings. The molecule has 1 aromatic carbocycles. The van der Waals surface area contributed by atoms with Crippen molar-refractivity contribution in [3.63, 3.8) is 0 Å². The van der Waals surface area contributed by atoms with Crippen LogP contribution in [0.3, 0.4) is 0 Å². The van der Waals surface area contributed by atoms with E-state index in [9.17, 15) is 9.59 Å². The highest BCUT2D eigenvalue weighted by Gasteiger charge is 2.25. The van der Waals surface area contributed by atoms with Crippen LogP contribution in [0.25, 0.3) is 5.69 Å². The first-order chi connectivity index (χ1) is 12.9. The molecule has 1 aromatic heterocycles. The van der Waals surface area contributed by atoms with Crippen molar-refractivity contribution < 1.29 is 14.3 Å². The maximum Gasteiger partial charge on any atom is 0.338 e. The molecular formula is C19H22ClN3O4. The number of rotatable bonds is 4. The van der Waals surface area contributed by atoms with Gasteiger partial charge in [-0.2, -0.15) is 9.78 Å². The van der Waals surface area contributed by atoms with Crippen LogP contribution in [0.1, 0.15) is 31.1 Å². The molecule has 3 rings (SSSR count). The van der Waals surface area contributed by atoms with E-state index in [1.165, 1.54) is 4.68 Å². The summed E-state index contributed by atoms with van der Waals surface area (Å²) in [5, 5.41) is 4.38. The molecule has 2 atom stereocenters. The summed E-state index contributed by atoms with van der Waals surface area (Å²) in [6.45, 7) is 7.30. The molecular weight excluding hydrogens is 370 g/mol. The monoisotopic (exact) mass is 391 g/mol. The predicted octanol–water partition coefficient (Wildman–Crippen LogP) is 2.68. The smallest absolute Gasteiger partial charge is 0.338 e. The zero-order chi connectivity index (χ0) is 19.6. The lowest BCUT2D eigenvalue weighted by atomic mass is 10.2. The Balaban J connectivity index is 1.89. The first kappa shape index (κ1) is 19.4. The topological polar surface area (TPSA) is 73.7 Å². The van der Waals surface area contributed by atoms with Gasteiger partial charge in [0.05, 0.1) is 41.9 Å². The third-order valence-corrected chi connectivity index (χ3v) is 4.64. The van der Waals surface area contributed by atoms with Gasteiger partial charge >= 0.3 is 5.97 Å². The molecule has 1 saturated heterocycles. The van der Waals surface area contributed by atoms with Crippen LogP contribution in [0.4, 0.5) is 5.69 Å². The van der Waals surface area contributed by atoms with Gasteiger partial charge in [-0.3, -0.25) is 4.79 Å². The van der Waals surface area contributed by atoms with Gasteiger partial charge in [0.1, 0.15) is 5.02 Å². The largest absolute Gasteiger partial charge is 0.462 e. The summed E-state index contributed by atoms with van der Waals surface area (Å²) >= 11 is 6.37. The molecule has 0 saturated carbocycles. The molecule has 0 N–H and O–H groups in total. The van der Waals surface area contributed by atoms with E-state index in [0.717, 1.165) is 0 Å². The fraction of sp³-hybridized carbons (Fsp3) is 0.421. The van der Waals surface area contributed by atoms with Gasteiger partial charge in [-0.15, -0.1) is 0 Å². The Hall–Kier alpha value is -2.38. The van der Waals surface area contributed by atoms with Crippen molar-refractivity contribution in [2.24, 2.45) is 0 Å². The molecule has 0 spiro atoms. The second-order valence-electron chi connectivity index (χ2n) is 6.49. The van der Waals surface area contributed by atoms with Crippen LogP contribution in [0.2, 0.25) is 5.02 Å². The highest BCUT2D eigenvalue weighted by molar-refractivity contribution is 6.33. The molecule has 0 aliphatic carbocycles. The summed E-state index contributed by atoms with van der Waals surface area (Å²) in [5.41, 5.74) is 1.12. The quantitative estimate of drug-likeness (QED) is 0.746. The van der Waals surface area contributed by atoms with E-state index in [1.807, 2.05) is 18.7 Å². The zero-order valence-corrected chi connectivity index (χ0v) is 16.3. The van der Waals surface area contributed by atoms with Crippen molar-refractivity contribution in [3.05, 3.63) is 51.4 Å². The molecule has 0 unspecified atom stereocenters. The number of carbonyl (C=O) groups is 1. The summed E-state index contributed by atoms with van der Waals surface area (Å²) in [5.74, 6) is -0.409. The van der Waals surface area contributed by atoms with E-state index in [-0.39, 0.29) is 17.2 Å². The van der Waals surface area contributed by atoms with E-state index >= 15 is 0 Å². The highest BCUT2D eigenvalue weighted by Crippen LogP contribution is 2.25. The Labute approximate surface area is 162 Å². The Bertz CT molecular complexity index is 872. The van der Waals surface area contributed by atoms with E-state index in [1.54, 1.807) is 37.4 Å². The van der Waals surface area contributed by atoms with Gasteiger partial charge in [0.25, 0.3) is 5.56 Å². The van der Waals surface area contributed by atoms with Gasteiger partial charge in [0.2, 0.25) is 0 Å². The summed E-state index contributed by atoms with van der Waals surface area (Å²) in [6, 6.07) is 6.45. The van der Waals surface area contributed by atoms with Gasteiger partial charge in [-0.25, -0.2) is 4.79 Å². The van der Waals surface area contributed by atoms with Crippen molar-refractivity contribution in [1.29, 1.82) is 0 Å². The van der Waals surface area contributed by atoms with Crippen LogP contribution < -0.4 is 10.5 Å². The Morgan fingerprint density at radius 3 is 2.48 bits per heavy atom. The normalized spacial score (nSPS) is 19.8. The molecule has 0 amide bonds. The van der Waals surface area contributed by atoms with Gasteiger partial charge in [0.15, 0.2) is 0 Å². The number of ether oxygens (including phenoxy) is 2. The number of anilines is 1. The summed E-state index contributed by atoms with van der Waals surface area (Å²) in [4.78, 5) is 26.5. The summed E-state index contributed by atoms with van der Waals surface area (Å²) in [6.07, 6.45) is 1.68. The van der Waals surface area contributed by atoms with Crippen LogP contribution in [0.5, 0.6) is 0 Å². The van der Waals surface area contributed by atoms with E-state index in [4.69, 9.17) is 21.1 Å². The second-order valence-corrected chi connectivity index (χ2v) is 6.87. The Kier molecular flexibility index (Phi) is 5.82. The van der Waals surface area contributed by atoms with Crippen LogP contribution in [-0.2, 0) is 9.47 Å². The molecule has 0 bridgehead atoms. The SMILES string of the molecule is CCOC(=O)c1ccc(-n2ncc(N3C[C@H](C)O[C@@H](C)C3)c(Cl)c2=O)cc1. The van der Waals surface area contributed by atoms with Crippen LogP contribution in [0.15, 0.2) is 35.3 Å². The van der Waals surface area contributed by atoms with Crippen molar-refractivity contribution in [2.75, 3.05) is 24.6 Å². The fourth-order valence-electron chi connectivity index (χ4n) is 3.16. The van der Waals surface area contributed by atoms with Gasteiger partial charge in [0, 0.05) is 13.1 Å². The molecule has 7 nitrogen and oxygen atoms in total. The third kappa shape index (κ3) is 4.14. The number of hydrogen-bond acceptors (Lipinski definition) is 6. The number of carbonyl (C=O) groups excluding carboxylic acids is 1. The Morgan fingerprint density at radius 1 is 1.26 bits per heavy atom. The highest BCUT2D eigenvalue weighted by atomic mass is 35.5. The maximum absolute atomic E-state index is 12.7. The van der Waals surface area contributed by atoms with Crippen molar-refractivity contribution >= 4 is 23.3 Å². The van der Waals surface area contributed by atoms with Crippen LogP contribution in [-0.4, -0.2) is 47.7 Å². The van der Waals surface area contributed by atoms with Crippen LogP contribution >= 0.6 is 11.6 Å². The average Bonchev–Trinajstić information content (AvgIpc) is 2.63. The van der Waals surface area contributed by atoms with E-state index in [2.05, 4.69) is 5.10 Å². The fourth-order valence-corrected chi connectivity index (χ4v) is 3.40. The lowest BCUT2D eigenvalue weighted by Gasteiger charge is -2.36. The number of halogens is 1. The van der Waals surface area contributed by atoms with Crippen molar-refractivity contribution in [3.8, 4) is 5.69 Å². The number of aromatic nitrogens is 2. The number of hydrogen-bond donors (Lipinski definition) is 0. The molecule has 27 heavy (non-hydrogen) atoms. The van der Waals surface area contributed by atoms with Gasteiger partial charge in [-0.05, 0) is 45.0 Å². The third-order valence-electron chi connectivity index (χ3n) is 4.28. The molecule has 1 aliphatic rings. The van der Waals surface area contributed by atoms with E-state index < -0.39 is 11.5 Å². The lowest BCUT2D eigenvalue weighted by Crippen LogP contribution is -2.46. The van der Waals surface area contributed by atoms with Gasteiger partial charge < -0.3 is 14.4 Å². The Morgan fingerprint density at radius 2 is 1.89 bits per heavy atom.